The lowest BCUT2D eigenvalue weighted by atomic mass is 9.99. The standard InChI is InChI=1S/C34H37N9O5/c1-34(2,3)41-31(45)22-13-7-10-16-29(22)48-20-28(42-43-36)25(17-21-11-5-4-6-12-21)39-32(46)26(18-30(35)44)40-33(47)27-19-37-23-14-8-9-15-24(23)38-27/h4-16,19,25-26,28H,17-18,20H2,1-3H3,(H2,35,44)(H,39,46)(H,40,47)(H,41,45)/t25-,26-,28+/m0/s1. The molecule has 0 aliphatic carbocycles. The summed E-state index contributed by atoms with van der Waals surface area (Å²) in [5.41, 5.74) is 16.5. The van der Waals surface area contributed by atoms with Gasteiger partial charge < -0.3 is 26.4 Å². The molecule has 0 bridgehead atoms. The summed E-state index contributed by atoms with van der Waals surface area (Å²) < 4.78 is 6.03. The first-order valence-corrected chi connectivity index (χ1v) is 15.2. The smallest absolute Gasteiger partial charge is 0.272 e. The van der Waals surface area contributed by atoms with Crippen LogP contribution in [0.15, 0.2) is 90.2 Å². The Bertz CT molecular complexity index is 1820. The van der Waals surface area contributed by atoms with E-state index in [-0.39, 0.29) is 35.9 Å². The van der Waals surface area contributed by atoms with Gasteiger partial charge in [0.1, 0.15) is 17.5 Å². The Morgan fingerprint density at radius 1 is 0.917 bits per heavy atom. The van der Waals surface area contributed by atoms with Gasteiger partial charge in [-0.05, 0) is 62.6 Å². The molecule has 4 rings (SSSR count). The largest absolute Gasteiger partial charge is 0.492 e. The quantitative estimate of drug-likeness (QED) is 0.0902. The van der Waals surface area contributed by atoms with Crippen molar-refractivity contribution in [3.05, 3.63) is 112 Å². The second kappa shape index (κ2) is 16.0. The molecule has 14 heteroatoms. The van der Waals surface area contributed by atoms with Gasteiger partial charge in [0.2, 0.25) is 11.8 Å². The molecule has 248 valence electrons. The Kier molecular flexibility index (Phi) is 11.6. The molecule has 0 fully saturated rings. The number of rotatable bonds is 14. The third kappa shape index (κ3) is 9.99. The fourth-order valence-electron chi connectivity index (χ4n) is 4.80. The molecule has 0 aliphatic heterocycles. The summed E-state index contributed by atoms with van der Waals surface area (Å²) in [7, 11) is 0. The minimum atomic E-state index is -1.39. The first kappa shape index (κ1) is 34.9. The molecule has 4 amide bonds. The predicted molar refractivity (Wildman–Crippen MR) is 179 cm³/mol. The highest BCUT2D eigenvalue weighted by atomic mass is 16.5. The molecule has 0 spiro atoms. The number of amides is 4. The Morgan fingerprint density at radius 3 is 2.27 bits per heavy atom. The van der Waals surface area contributed by atoms with Gasteiger partial charge in [0, 0.05) is 16.5 Å². The van der Waals surface area contributed by atoms with Crippen LogP contribution in [0.5, 0.6) is 5.75 Å². The molecule has 0 unspecified atom stereocenters. The lowest BCUT2D eigenvalue weighted by molar-refractivity contribution is -0.127. The van der Waals surface area contributed by atoms with Crippen molar-refractivity contribution in [3.63, 3.8) is 0 Å². The van der Waals surface area contributed by atoms with Crippen molar-refractivity contribution < 1.29 is 23.9 Å². The molecular weight excluding hydrogens is 614 g/mol. The van der Waals surface area contributed by atoms with Gasteiger partial charge >= 0.3 is 0 Å². The van der Waals surface area contributed by atoms with E-state index in [1.165, 1.54) is 6.20 Å². The summed E-state index contributed by atoms with van der Waals surface area (Å²) >= 11 is 0. The van der Waals surface area contributed by atoms with Crippen LogP contribution in [0.25, 0.3) is 21.5 Å². The number of para-hydroxylation sites is 3. The third-order valence-corrected chi connectivity index (χ3v) is 7.03. The van der Waals surface area contributed by atoms with Gasteiger partial charge in [-0.2, -0.15) is 0 Å². The number of carbonyl (C=O) groups is 4. The maximum Gasteiger partial charge on any atom is 0.272 e. The molecule has 0 aliphatic rings. The second-order valence-corrected chi connectivity index (χ2v) is 12.0. The van der Waals surface area contributed by atoms with Gasteiger partial charge in [-0.25, -0.2) is 4.98 Å². The molecule has 4 aromatic rings. The number of hydrogen-bond donors (Lipinski definition) is 4. The van der Waals surface area contributed by atoms with Crippen LogP contribution in [-0.4, -0.2) is 63.9 Å². The highest BCUT2D eigenvalue weighted by molar-refractivity contribution is 5.99. The molecule has 5 N–H and O–H groups in total. The van der Waals surface area contributed by atoms with Crippen LogP contribution in [0, 0.1) is 0 Å². The van der Waals surface area contributed by atoms with Crippen LogP contribution in [-0.2, 0) is 16.0 Å². The Hall–Kier alpha value is -6.01. The third-order valence-electron chi connectivity index (χ3n) is 7.03. The molecule has 0 radical (unpaired) electrons. The number of carbonyl (C=O) groups excluding carboxylic acids is 4. The predicted octanol–water partition coefficient (Wildman–Crippen LogP) is 3.62. The van der Waals surface area contributed by atoms with Crippen LogP contribution in [0.4, 0.5) is 0 Å². The fourth-order valence-corrected chi connectivity index (χ4v) is 4.80. The van der Waals surface area contributed by atoms with Crippen molar-refractivity contribution in [2.24, 2.45) is 10.8 Å². The maximum absolute atomic E-state index is 13.7. The number of ether oxygens (including phenoxy) is 1. The SMILES string of the molecule is CC(C)(C)NC(=O)c1ccccc1OC[C@@H](N=[N+]=[N-])[C@H](Cc1ccccc1)NC(=O)[C@H](CC(N)=O)NC(=O)c1cnc2ccccc2n1. The van der Waals surface area contributed by atoms with E-state index in [0.29, 0.717) is 11.0 Å². The maximum atomic E-state index is 13.7. The van der Waals surface area contributed by atoms with Gasteiger partial charge in [0.05, 0.1) is 41.9 Å². The number of nitrogens with zero attached hydrogens (tertiary/aromatic N) is 5. The zero-order valence-electron chi connectivity index (χ0n) is 26.8. The van der Waals surface area contributed by atoms with Crippen molar-refractivity contribution >= 4 is 34.7 Å². The summed E-state index contributed by atoms with van der Waals surface area (Å²) in [6.07, 6.45) is 0.943. The normalized spacial score (nSPS) is 12.9. The number of fused-ring (bicyclic) bond motifs is 1. The van der Waals surface area contributed by atoms with Gasteiger partial charge in [0.25, 0.3) is 11.8 Å². The number of hydrogen-bond acceptors (Lipinski definition) is 8. The number of aromatic nitrogens is 2. The van der Waals surface area contributed by atoms with E-state index in [1.807, 2.05) is 51.1 Å². The number of nitrogens with one attached hydrogen (secondary N) is 3. The first-order chi connectivity index (χ1) is 22.9. The van der Waals surface area contributed by atoms with Crippen LogP contribution in [0.2, 0.25) is 0 Å². The van der Waals surface area contributed by atoms with Gasteiger partial charge in [-0.3, -0.25) is 24.2 Å². The van der Waals surface area contributed by atoms with Crippen molar-refractivity contribution in [1.82, 2.24) is 25.9 Å². The Balaban J connectivity index is 1.58. The van der Waals surface area contributed by atoms with Crippen molar-refractivity contribution in [1.29, 1.82) is 0 Å². The van der Waals surface area contributed by atoms with Crippen LogP contribution in [0.1, 0.15) is 53.6 Å². The summed E-state index contributed by atoms with van der Waals surface area (Å²) in [4.78, 5) is 63.4. The van der Waals surface area contributed by atoms with E-state index in [4.69, 9.17) is 10.5 Å². The van der Waals surface area contributed by atoms with Gasteiger partial charge in [0.15, 0.2) is 0 Å². The molecular formula is C34H37N9O5. The van der Waals surface area contributed by atoms with Gasteiger partial charge in [-0.1, -0.05) is 59.7 Å². The monoisotopic (exact) mass is 651 g/mol. The molecule has 0 saturated carbocycles. The van der Waals surface area contributed by atoms with E-state index in [9.17, 15) is 24.7 Å². The molecule has 3 atom stereocenters. The van der Waals surface area contributed by atoms with Crippen LogP contribution >= 0.6 is 0 Å². The van der Waals surface area contributed by atoms with E-state index in [2.05, 4.69) is 35.9 Å². The van der Waals surface area contributed by atoms with Crippen molar-refractivity contribution in [2.75, 3.05) is 6.61 Å². The Labute approximate surface area is 277 Å². The molecule has 3 aromatic carbocycles. The minimum Gasteiger partial charge on any atom is -0.492 e. The molecule has 48 heavy (non-hydrogen) atoms. The van der Waals surface area contributed by atoms with Crippen LogP contribution < -0.4 is 26.4 Å². The van der Waals surface area contributed by atoms with Crippen molar-refractivity contribution in [3.8, 4) is 5.75 Å². The summed E-state index contributed by atoms with van der Waals surface area (Å²) in [5.74, 6) is -2.43. The number of nitrogens with two attached hydrogens (primary N) is 1. The number of primary amides is 1. The topological polar surface area (TPSA) is 214 Å². The lowest BCUT2D eigenvalue weighted by Gasteiger charge is -2.28. The number of benzene rings is 3. The zero-order chi connectivity index (χ0) is 34.7. The second-order valence-electron chi connectivity index (χ2n) is 12.0. The van der Waals surface area contributed by atoms with E-state index in [1.54, 1.807) is 48.5 Å². The highest BCUT2D eigenvalue weighted by Crippen LogP contribution is 2.21. The molecule has 14 nitrogen and oxygen atoms in total. The molecule has 0 saturated heterocycles. The average Bonchev–Trinajstić information content (AvgIpc) is 3.05. The summed E-state index contributed by atoms with van der Waals surface area (Å²) in [6.45, 7) is 5.34. The average molecular weight is 652 g/mol. The summed E-state index contributed by atoms with van der Waals surface area (Å²) in [6, 6.07) is 19.5. The van der Waals surface area contributed by atoms with E-state index < -0.39 is 47.8 Å². The fraction of sp³-hybridized carbons (Fsp3) is 0.294. The van der Waals surface area contributed by atoms with Gasteiger partial charge in [-0.15, -0.1) is 0 Å². The van der Waals surface area contributed by atoms with E-state index >= 15 is 0 Å². The van der Waals surface area contributed by atoms with Crippen molar-refractivity contribution in [2.45, 2.75) is 57.3 Å². The van der Waals surface area contributed by atoms with Crippen LogP contribution in [0.3, 0.4) is 0 Å². The Morgan fingerprint density at radius 2 is 1.58 bits per heavy atom. The highest BCUT2D eigenvalue weighted by Gasteiger charge is 2.30. The van der Waals surface area contributed by atoms with E-state index in [0.717, 1.165) is 5.56 Å². The summed E-state index contributed by atoms with van der Waals surface area (Å²) in [5, 5.41) is 12.2. The lowest BCUT2D eigenvalue weighted by Crippen LogP contribution is -2.54. The zero-order valence-corrected chi connectivity index (χ0v) is 26.8. The number of azide groups is 1. The first-order valence-electron chi connectivity index (χ1n) is 15.2. The minimum absolute atomic E-state index is 0.0636. The molecule has 1 heterocycles. The molecule has 1 aromatic heterocycles.